The Morgan fingerprint density at radius 3 is 2.48 bits per heavy atom. The number of furan rings is 1. The molecule has 0 bridgehead atoms. The van der Waals surface area contributed by atoms with Gasteiger partial charge in [-0.2, -0.15) is 0 Å². The van der Waals surface area contributed by atoms with E-state index in [0.29, 0.717) is 55.6 Å². The van der Waals surface area contributed by atoms with Gasteiger partial charge in [0.15, 0.2) is 23.0 Å². The summed E-state index contributed by atoms with van der Waals surface area (Å²) in [5.74, 6) is -0.690. The van der Waals surface area contributed by atoms with Gasteiger partial charge >= 0.3 is 0 Å². The number of aliphatic hydroxyl groups excluding tert-OH is 1. The zero-order chi connectivity index (χ0) is 29.1. The largest absolute Gasteiger partial charge is 0.503 e. The van der Waals surface area contributed by atoms with Crippen LogP contribution >= 0.6 is 0 Å². The van der Waals surface area contributed by atoms with Crippen molar-refractivity contribution in [2.24, 2.45) is 0 Å². The highest BCUT2D eigenvalue weighted by Gasteiger charge is 2.44. The van der Waals surface area contributed by atoms with Crippen LogP contribution in [0.1, 0.15) is 27.7 Å². The first kappa shape index (κ1) is 27.6. The van der Waals surface area contributed by atoms with Gasteiger partial charge in [-0.25, -0.2) is 0 Å². The quantitative estimate of drug-likeness (QED) is 0.269. The van der Waals surface area contributed by atoms with E-state index >= 15 is 0 Å². The van der Waals surface area contributed by atoms with E-state index in [1.807, 2.05) is 48.5 Å². The highest BCUT2D eigenvalue weighted by atomic mass is 16.5. The minimum atomic E-state index is -0.851. The number of ether oxygens (including phenoxy) is 3. The molecule has 3 aromatic carbocycles. The molecule has 1 saturated heterocycles. The maximum absolute atomic E-state index is 13.9. The van der Waals surface area contributed by atoms with Crippen LogP contribution in [0.4, 0.5) is 0 Å². The number of amides is 1. The molecule has 1 aromatic heterocycles. The molecule has 1 unspecified atom stereocenters. The number of nitrogens with zero attached hydrogens (tertiary/aromatic N) is 2. The summed E-state index contributed by atoms with van der Waals surface area (Å²) in [6.07, 6.45) is 0. The molecule has 3 heterocycles. The Bertz CT molecular complexity index is 1590. The molecule has 1 N–H and O–H groups in total. The van der Waals surface area contributed by atoms with Gasteiger partial charge in [-0.1, -0.05) is 54.6 Å². The molecule has 2 aliphatic rings. The average Bonchev–Trinajstić information content (AvgIpc) is 3.58. The third-order valence-corrected chi connectivity index (χ3v) is 7.70. The molecule has 1 atom stereocenters. The monoisotopic (exact) mass is 568 g/mol. The van der Waals surface area contributed by atoms with E-state index in [1.165, 1.54) is 7.11 Å². The van der Waals surface area contributed by atoms with Crippen molar-refractivity contribution >= 4 is 22.7 Å². The number of Topliss-reactive ketones (excluding diaryl/α,β-unsaturated/α-hetero) is 1. The van der Waals surface area contributed by atoms with E-state index in [9.17, 15) is 14.7 Å². The second kappa shape index (κ2) is 12.1. The molecule has 0 radical (unpaired) electrons. The summed E-state index contributed by atoms with van der Waals surface area (Å²) in [4.78, 5) is 31.2. The number of hydrogen-bond acceptors (Lipinski definition) is 8. The maximum Gasteiger partial charge on any atom is 0.290 e. The lowest BCUT2D eigenvalue weighted by Gasteiger charge is -2.31. The van der Waals surface area contributed by atoms with Gasteiger partial charge in [0.2, 0.25) is 5.78 Å². The summed E-state index contributed by atoms with van der Waals surface area (Å²) in [6.45, 7) is 3.97. The fourth-order valence-electron chi connectivity index (χ4n) is 5.47. The average molecular weight is 569 g/mol. The Morgan fingerprint density at radius 2 is 1.71 bits per heavy atom. The number of methoxy groups -OCH3 is 1. The fraction of sp³-hybridized carbons (Fsp3) is 0.273. The van der Waals surface area contributed by atoms with E-state index in [0.717, 1.165) is 24.0 Å². The zero-order valence-electron chi connectivity index (χ0n) is 23.3. The second-order valence-electron chi connectivity index (χ2n) is 10.3. The molecule has 9 heteroatoms. The molecule has 6 rings (SSSR count). The Balaban J connectivity index is 1.34. The number of carbonyl (C=O) groups is 2. The van der Waals surface area contributed by atoms with Crippen molar-refractivity contribution < 1.29 is 33.3 Å². The highest BCUT2D eigenvalue weighted by Crippen LogP contribution is 2.42. The van der Waals surface area contributed by atoms with Crippen molar-refractivity contribution in [3.05, 3.63) is 107 Å². The number of hydrogen-bond donors (Lipinski definition) is 1. The van der Waals surface area contributed by atoms with Gasteiger partial charge in [0.25, 0.3) is 5.91 Å². The number of fused-ring (bicyclic) bond motifs is 1. The lowest BCUT2D eigenvalue weighted by Crippen LogP contribution is -2.43. The van der Waals surface area contributed by atoms with Crippen LogP contribution in [0.3, 0.4) is 0 Å². The number of rotatable bonds is 10. The van der Waals surface area contributed by atoms with Crippen LogP contribution in [0.25, 0.3) is 11.0 Å². The van der Waals surface area contributed by atoms with Gasteiger partial charge in [-0.05, 0) is 35.4 Å². The van der Waals surface area contributed by atoms with E-state index in [4.69, 9.17) is 18.6 Å². The summed E-state index contributed by atoms with van der Waals surface area (Å²) in [5, 5.41) is 11.9. The third kappa shape index (κ3) is 5.48. The Morgan fingerprint density at radius 1 is 0.952 bits per heavy atom. The second-order valence-corrected chi connectivity index (χ2v) is 10.3. The number of ketones is 1. The van der Waals surface area contributed by atoms with Crippen molar-refractivity contribution in [1.29, 1.82) is 0 Å². The molecular formula is C33H32N2O7. The van der Waals surface area contributed by atoms with E-state index in [-0.39, 0.29) is 11.3 Å². The Kier molecular flexibility index (Phi) is 7.94. The normalized spacial score (nSPS) is 17.7. The van der Waals surface area contributed by atoms with Crippen LogP contribution in [0.15, 0.2) is 94.6 Å². The molecule has 4 aromatic rings. The first-order chi connectivity index (χ1) is 20.5. The maximum atomic E-state index is 13.9. The molecule has 1 fully saturated rings. The first-order valence-corrected chi connectivity index (χ1v) is 14.0. The Labute approximate surface area is 243 Å². The predicted octanol–water partition coefficient (Wildman–Crippen LogP) is 4.93. The molecule has 216 valence electrons. The van der Waals surface area contributed by atoms with E-state index in [2.05, 4.69) is 4.90 Å². The molecular weight excluding hydrogens is 536 g/mol. The molecule has 0 aliphatic carbocycles. The minimum Gasteiger partial charge on any atom is -0.503 e. The summed E-state index contributed by atoms with van der Waals surface area (Å²) >= 11 is 0. The summed E-state index contributed by atoms with van der Waals surface area (Å²) in [7, 11) is 1.54. The SMILES string of the molecule is COc1cc(C2C(C(=O)c3cc4ccccc4o3)=C(O)C(=O)N2CCN2CCOCC2)ccc1OCc1ccccc1. The van der Waals surface area contributed by atoms with Gasteiger partial charge in [0.05, 0.1) is 31.9 Å². The van der Waals surface area contributed by atoms with E-state index < -0.39 is 23.5 Å². The molecule has 9 nitrogen and oxygen atoms in total. The minimum absolute atomic E-state index is 0.0268. The van der Waals surface area contributed by atoms with Crippen molar-refractivity contribution in [1.82, 2.24) is 9.80 Å². The number of carbonyl (C=O) groups excluding carboxylic acids is 2. The van der Waals surface area contributed by atoms with Crippen LogP contribution in [0.5, 0.6) is 11.5 Å². The summed E-state index contributed by atoms with van der Waals surface area (Å²) in [5.41, 5.74) is 2.14. The third-order valence-electron chi connectivity index (χ3n) is 7.70. The lowest BCUT2D eigenvalue weighted by atomic mass is 9.94. The number of aliphatic hydroxyl groups is 1. The van der Waals surface area contributed by atoms with Crippen LogP contribution in [0.2, 0.25) is 0 Å². The van der Waals surface area contributed by atoms with Crippen LogP contribution in [-0.4, -0.2) is 73.1 Å². The molecule has 0 spiro atoms. The highest BCUT2D eigenvalue weighted by molar-refractivity contribution is 6.16. The van der Waals surface area contributed by atoms with Crippen molar-refractivity contribution in [2.75, 3.05) is 46.5 Å². The van der Waals surface area contributed by atoms with Crippen molar-refractivity contribution in [3.8, 4) is 11.5 Å². The van der Waals surface area contributed by atoms with Crippen molar-refractivity contribution in [3.63, 3.8) is 0 Å². The van der Waals surface area contributed by atoms with E-state index in [1.54, 1.807) is 35.2 Å². The number of benzene rings is 3. The lowest BCUT2D eigenvalue weighted by molar-refractivity contribution is -0.129. The molecule has 42 heavy (non-hydrogen) atoms. The van der Waals surface area contributed by atoms with Crippen LogP contribution in [0, 0.1) is 0 Å². The predicted molar refractivity (Wildman–Crippen MR) is 156 cm³/mol. The van der Waals surface area contributed by atoms with Gasteiger partial charge in [0, 0.05) is 31.6 Å². The molecule has 1 amide bonds. The smallest absolute Gasteiger partial charge is 0.290 e. The van der Waals surface area contributed by atoms with Gasteiger partial charge in [-0.3, -0.25) is 14.5 Å². The molecule has 2 aliphatic heterocycles. The topological polar surface area (TPSA) is 102 Å². The first-order valence-electron chi connectivity index (χ1n) is 14.0. The Hall–Kier alpha value is -4.60. The van der Waals surface area contributed by atoms with Gasteiger partial charge < -0.3 is 28.6 Å². The molecule has 0 saturated carbocycles. The number of para-hydroxylation sites is 1. The van der Waals surface area contributed by atoms with Crippen LogP contribution < -0.4 is 9.47 Å². The van der Waals surface area contributed by atoms with Crippen molar-refractivity contribution in [2.45, 2.75) is 12.6 Å². The fourth-order valence-corrected chi connectivity index (χ4v) is 5.47. The zero-order valence-corrected chi connectivity index (χ0v) is 23.3. The van der Waals surface area contributed by atoms with Gasteiger partial charge in [-0.15, -0.1) is 0 Å². The standard InChI is InChI=1S/C33H32N2O7/c1-39-27-20-24(11-12-26(27)41-21-22-7-3-2-4-8-22)30-29(31(36)28-19-23-9-5-6-10-25(23)42-28)32(37)33(38)35(30)14-13-34-15-17-40-18-16-34/h2-12,19-20,30,37H,13-18,21H2,1H3. The number of morpholine rings is 1. The van der Waals surface area contributed by atoms with Gasteiger partial charge in [0.1, 0.15) is 12.2 Å². The van der Waals surface area contributed by atoms with Crippen LogP contribution in [-0.2, 0) is 16.1 Å². The summed E-state index contributed by atoms with van der Waals surface area (Å²) < 4.78 is 23.0. The summed E-state index contributed by atoms with van der Waals surface area (Å²) in [6, 6.07) is 23.2.